The zero-order valence-corrected chi connectivity index (χ0v) is 10.7. The first-order chi connectivity index (χ1) is 9.08. The monoisotopic (exact) mass is 268 g/mol. The smallest absolute Gasteiger partial charge is 0.165 e. The van der Waals surface area contributed by atoms with E-state index >= 15 is 0 Å². The van der Waals surface area contributed by atoms with Gasteiger partial charge in [-0.3, -0.25) is 4.79 Å². The van der Waals surface area contributed by atoms with Gasteiger partial charge in [-0.25, -0.2) is 8.78 Å². The van der Waals surface area contributed by atoms with E-state index in [2.05, 4.69) is 0 Å². The van der Waals surface area contributed by atoms with Crippen molar-refractivity contribution >= 4 is 5.78 Å². The molecule has 0 radical (unpaired) electrons. The van der Waals surface area contributed by atoms with Crippen molar-refractivity contribution < 1.29 is 18.7 Å². The van der Waals surface area contributed by atoms with E-state index in [1.165, 1.54) is 6.07 Å². The van der Waals surface area contributed by atoms with E-state index < -0.39 is 17.7 Å². The number of rotatable bonds is 4. The van der Waals surface area contributed by atoms with Gasteiger partial charge in [-0.1, -0.05) is 25.3 Å². The van der Waals surface area contributed by atoms with Crippen molar-refractivity contribution in [2.75, 3.05) is 0 Å². The van der Waals surface area contributed by atoms with E-state index in [9.17, 15) is 18.7 Å². The summed E-state index contributed by atoms with van der Waals surface area (Å²) in [6.45, 7) is 0. The van der Waals surface area contributed by atoms with E-state index in [1.54, 1.807) is 0 Å². The van der Waals surface area contributed by atoms with Crippen molar-refractivity contribution in [1.82, 2.24) is 0 Å². The maximum atomic E-state index is 13.0. The van der Waals surface area contributed by atoms with Crippen molar-refractivity contribution in [2.24, 2.45) is 5.92 Å². The molecule has 0 aliphatic heterocycles. The van der Waals surface area contributed by atoms with E-state index in [0.717, 1.165) is 44.2 Å². The van der Waals surface area contributed by atoms with Crippen LogP contribution in [0.5, 0.6) is 0 Å². The summed E-state index contributed by atoms with van der Waals surface area (Å²) in [6, 6.07) is 3.40. The normalized spacial score (nSPS) is 18.3. The molecule has 1 N–H and O–H groups in total. The Bertz CT molecular complexity index is 453. The molecule has 1 aromatic carbocycles. The van der Waals surface area contributed by atoms with Gasteiger partial charge in [-0.15, -0.1) is 0 Å². The summed E-state index contributed by atoms with van der Waals surface area (Å²) in [4.78, 5) is 11.9. The molecule has 1 aromatic rings. The standard InChI is InChI=1S/C15H18F2O2/c16-12-7-6-10(8-13(12)17)9-14(18)15(19)11-4-2-1-3-5-11/h6-8,11,15,19H,1-5,9H2. The molecule has 1 aliphatic carbocycles. The Labute approximate surface area is 111 Å². The van der Waals surface area contributed by atoms with Crippen LogP contribution in [-0.2, 0) is 11.2 Å². The van der Waals surface area contributed by atoms with Gasteiger partial charge in [-0.2, -0.15) is 0 Å². The molecule has 19 heavy (non-hydrogen) atoms. The number of ketones is 1. The molecule has 4 heteroatoms. The van der Waals surface area contributed by atoms with Crippen LogP contribution >= 0.6 is 0 Å². The highest BCUT2D eigenvalue weighted by Gasteiger charge is 2.27. The Morgan fingerprint density at radius 3 is 2.53 bits per heavy atom. The summed E-state index contributed by atoms with van der Waals surface area (Å²) < 4.78 is 25.8. The second kappa shape index (κ2) is 6.24. The summed E-state index contributed by atoms with van der Waals surface area (Å²) in [5.41, 5.74) is 0.402. The lowest BCUT2D eigenvalue weighted by molar-refractivity contribution is -0.129. The number of benzene rings is 1. The molecular formula is C15H18F2O2. The second-order valence-corrected chi connectivity index (χ2v) is 5.23. The molecule has 0 saturated heterocycles. The number of Topliss-reactive ketones (excluding diaryl/α,β-unsaturated/α-hetero) is 1. The molecule has 2 rings (SSSR count). The zero-order chi connectivity index (χ0) is 13.8. The third-order valence-electron chi connectivity index (χ3n) is 3.79. The number of halogens is 2. The van der Waals surface area contributed by atoms with Gasteiger partial charge < -0.3 is 5.11 Å². The van der Waals surface area contributed by atoms with E-state index in [1.807, 2.05) is 0 Å². The van der Waals surface area contributed by atoms with Gasteiger partial charge >= 0.3 is 0 Å². The van der Waals surface area contributed by atoms with Gasteiger partial charge in [0.05, 0.1) is 0 Å². The number of hydrogen-bond donors (Lipinski definition) is 1. The first-order valence-corrected chi connectivity index (χ1v) is 6.72. The van der Waals surface area contributed by atoms with Gasteiger partial charge in [0.25, 0.3) is 0 Å². The Morgan fingerprint density at radius 1 is 1.21 bits per heavy atom. The second-order valence-electron chi connectivity index (χ2n) is 5.23. The fourth-order valence-corrected chi connectivity index (χ4v) is 2.67. The molecule has 1 saturated carbocycles. The fraction of sp³-hybridized carbons (Fsp3) is 0.533. The summed E-state index contributed by atoms with van der Waals surface area (Å²) in [6.07, 6.45) is 3.94. The molecule has 2 nitrogen and oxygen atoms in total. The molecule has 104 valence electrons. The minimum Gasteiger partial charge on any atom is -0.385 e. The highest BCUT2D eigenvalue weighted by atomic mass is 19.2. The molecule has 1 atom stereocenters. The molecule has 0 aromatic heterocycles. The van der Waals surface area contributed by atoms with E-state index in [0.29, 0.717) is 5.56 Å². The largest absolute Gasteiger partial charge is 0.385 e. The number of carbonyl (C=O) groups excluding carboxylic acids is 1. The summed E-state index contributed by atoms with van der Waals surface area (Å²) in [5, 5.41) is 10.0. The van der Waals surface area contributed by atoms with Gasteiger partial charge in [-0.05, 0) is 36.5 Å². The van der Waals surface area contributed by atoms with Gasteiger partial charge in [0.2, 0.25) is 0 Å². The van der Waals surface area contributed by atoms with Gasteiger partial charge in [0.15, 0.2) is 17.4 Å². The van der Waals surface area contributed by atoms with E-state index in [-0.39, 0.29) is 18.1 Å². The fourth-order valence-electron chi connectivity index (χ4n) is 2.67. The predicted molar refractivity (Wildman–Crippen MR) is 67.7 cm³/mol. The molecule has 1 aliphatic rings. The quantitative estimate of drug-likeness (QED) is 0.911. The molecular weight excluding hydrogens is 250 g/mol. The third kappa shape index (κ3) is 3.60. The summed E-state index contributed by atoms with van der Waals surface area (Å²) >= 11 is 0. The summed E-state index contributed by atoms with van der Waals surface area (Å²) in [7, 11) is 0. The maximum Gasteiger partial charge on any atom is 0.165 e. The first-order valence-electron chi connectivity index (χ1n) is 6.72. The van der Waals surface area contributed by atoms with Crippen LogP contribution in [0, 0.1) is 17.6 Å². The van der Waals surface area contributed by atoms with Crippen LogP contribution in [0.3, 0.4) is 0 Å². The Morgan fingerprint density at radius 2 is 1.89 bits per heavy atom. The zero-order valence-electron chi connectivity index (χ0n) is 10.7. The van der Waals surface area contributed by atoms with Gasteiger partial charge in [0.1, 0.15) is 6.10 Å². The minimum atomic E-state index is -0.978. The van der Waals surface area contributed by atoms with Crippen molar-refractivity contribution in [3.8, 4) is 0 Å². The molecule has 1 unspecified atom stereocenters. The van der Waals surface area contributed by atoms with E-state index in [4.69, 9.17) is 0 Å². The first kappa shape index (κ1) is 14.1. The maximum absolute atomic E-state index is 13.0. The summed E-state index contributed by atoms with van der Waals surface area (Å²) in [5.74, 6) is -2.18. The Hall–Kier alpha value is -1.29. The predicted octanol–water partition coefficient (Wildman–Crippen LogP) is 3.02. The van der Waals surface area contributed by atoms with Gasteiger partial charge in [0, 0.05) is 6.42 Å². The third-order valence-corrected chi connectivity index (χ3v) is 3.79. The van der Waals surface area contributed by atoms with Crippen LogP contribution in [0.2, 0.25) is 0 Å². The van der Waals surface area contributed by atoms with Crippen LogP contribution in [0.1, 0.15) is 37.7 Å². The number of aliphatic hydroxyl groups excluding tert-OH is 1. The molecule has 0 bridgehead atoms. The van der Waals surface area contributed by atoms with Crippen molar-refractivity contribution in [1.29, 1.82) is 0 Å². The molecule has 0 heterocycles. The Balaban J connectivity index is 1.97. The topological polar surface area (TPSA) is 37.3 Å². The van der Waals surface area contributed by atoms with Crippen molar-refractivity contribution in [3.63, 3.8) is 0 Å². The molecule has 0 amide bonds. The average Bonchev–Trinajstić information content (AvgIpc) is 2.43. The number of hydrogen-bond acceptors (Lipinski definition) is 2. The van der Waals surface area contributed by atoms with Crippen molar-refractivity contribution in [2.45, 2.75) is 44.6 Å². The van der Waals surface area contributed by atoms with Crippen molar-refractivity contribution in [3.05, 3.63) is 35.4 Å². The van der Waals surface area contributed by atoms with Crippen LogP contribution in [0.15, 0.2) is 18.2 Å². The van der Waals surface area contributed by atoms with Crippen LogP contribution in [-0.4, -0.2) is 17.0 Å². The lowest BCUT2D eigenvalue weighted by Gasteiger charge is -2.25. The minimum absolute atomic E-state index is 0.0199. The van der Waals surface area contributed by atoms with Crippen LogP contribution in [0.4, 0.5) is 8.78 Å². The lowest BCUT2D eigenvalue weighted by atomic mass is 9.83. The molecule has 1 fully saturated rings. The van der Waals surface area contributed by atoms with Crippen LogP contribution < -0.4 is 0 Å². The number of aliphatic hydroxyl groups is 1. The number of carbonyl (C=O) groups is 1. The SMILES string of the molecule is O=C(Cc1ccc(F)c(F)c1)C(O)C1CCCCC1. The molecule has 0 spiro atoms. The highest BCUT2D eigenvalue weighted by molar-refractivity contribution is 5.85. The lowest BCUT2D eigenvalue weighted by Crippen LogP contribution is -2.32. The Kier molecular flexibility index (Phi) is 4.64. The van der Waals surface area contributed by atoms with Crippen LogP contribution in [0.25, 0.3) is 0 Å². The average molecular weight is 268 g/mol. The highest BCUT2D eigenvalue weighted by Crippen LogP contribution is 2.27.